The Morgan fingerprint density at radius 1 is 1.17 bits per heavy atom. The third kappa shape index (κ3) is 4.36. The van der Waals surface area contributed by atoms with Crippen LogP contribution >= 0.6 is 11.3 Å². The Balaban J connectivity index is 1.34. The molecule has 0 fully saturated rings. The van der Waals surface area contributed by atoms with Crippen molar-refractivity contribution in [3.05, 3.63) is 70.0 Å². The molecule has 0 amide bonds. The van der Waals surface area contributed by atoms with Crippen LogP contribution in [0.25, 0.3) is 21.5 Å². The van der Waals surface area contributed by atoms with Crippen LogP contribution in [0.15, 0.2) is 58.7 Å². The standard InChI is InChI=1S/C21H18N4O4S/c1-28-16-6-4-5-14(11-16)20-22-15(13-30-20)12-29-19(26)9-10-25-21(27)17-7-2-3-8-18(17)23-24-25/h2-8,11,13H,9-10,12H2,1H3. The van der Waals surface area contributed by atoms with Gasteiger partial charge in [-0.1, -0.05) is 29.5 Å². The summed E-state index contributed by atoms with van der Waals surface area (Å²) in [6, 6.07) is 14.6. The van der Waals surface area contributed by atoms with Crippen LogP contribution < -0.4 is 10.3 Å². The zero-order chi connectivity index (χ0) is 20.9. The number of nitrogens with zero attached hydrogens (tertiary/aromatic N) is 4. The fraction of sp³-hybridized carbons (Fsp3) is 0.190. The SMILES string of the molecule is COc1cccc(-c2nc(COC(=O)CCn3nnc4ccccc4c3=O)cs2)c1. The number of carbonyl (C=O) groups excluding carboxylic acids is 1. The monoisotopic (exact) mass is 422 g/mol. The minimum absolute atomic E-state index is 0.0137. The van der Waals surface area contributed by atoms with Gasteiger partial charge in [0.1, 0.15) is 22.9 Å². The van der Waals surface area contributed by atoms with Crippen molar-refractivity contribution < 1.29 is 14.3 Å². The highest BCUT2D eigenvalue weighted by Crippen LogP contribution is 2.27. The summed E-state index contributed by atoms with van der Waals surface area (Å²) in [6.07, 6.45) is 0.0137. The second kappa shape index (κ2) is 8.83. The molecule has 0 bridgehead atoms. The van der Waals surface area contributed by atoms with Crippen molar-refractivity contribution in [1.82, 2.24) is 20.0 Å². The van der Waals surface area contributed by atoms with Crippen molar-refractivity contribution in [2.24, 2.45) is 0 Å². The molecule has 30 heavy (non-hydrogen) atoms. The molecule has 0 atom stereocenters. The minimum Gasteiger partial charge on any atom is -0.497 e. The first-order valence-electron chi connectivity index (χ1n) is 9.21. The lowest BCUT2D eigenvalue weighted by molar-refractivity contribution is -0.145. The smallest absolute Gasteiger partial charge is 0.308 e. The van der Waals surface area contributed by atoms with Crippen molar-refractivity contribution in [3.63, 3.8) is 0 Å². The molecular formula is C21H18N4O4S. The van der Waals surface area contributed by atoms with Crippen molar-refractivity contribution in [1.29, 1.82) is 0 Å². The minimum atomic E-state index is -0.437. The summed E-state index contributed by atoms with van der Waals surface area (Å²) >= 11 is 1.47. The Kier molecular flexibility index (Phi) is 5.80. The van der Waals surface area contributed by atoms with Crippen molar-refractivity contribution in [2.75, 3.05) is 7.11 Å². The van der Waals surface area contributed by atoms with Gasteiger partial charge in [0.2, 0.25) is 0 Å². The van der Waals surface area contributed by atoms with E-state index in [4.69, 9.17) is 9.47 Å². The molecular weight excluding hydrogens is 404 g/mol. The number of benzene rings is 2. The van der Waals surface area contributed by atoms with Crippen LogP contribution in [0.3, 0.4) is 0 Å². The summed E-state index contributed by atoms with van der Waals surface area (Å²) < 4.78 is 11.7. The number of aromatic nitrogens is 4. The highest BCUT2D eigenvalue weighted by Gasteiger charge is 2.11. The second-order valence-corrected chi connectivity index (χ2v) is 7.28. The van der Waals surface area contributed by atoms with Crippen molar-refractivity contribution in [2.45, 2.75) is 19.6 Å². The number of esters is 1. The largest absolute Gasteiger partial charge is 0.497 e. The van der Waals surface area contributed by atoms with E-state index in [1.165, 1.54) is 16.0 Å². The lowest BCUT2D eigenvalue weighted by Crippen LogP contribution is -2.25. The number of aryl methyl sites for hydroxylation is 1. The van der Waals surface area contributed by atoms with E-state index in [9.17, 15) is 9.59 Å². The molecule has 0 saturated carbocycles. The summed E-state index contributed by atoms with van der Waals surface area (Å²) in [5, 5.41) is 11.0. The van der Waals surface area contributed by atoms with Gasteiger partial charge in [-0.3, -0.25) is 9.59 Å². The molecule has 0 spiro atoms. The maximum atomic E-state index is 12.4. The number of methoxy groups -OCH3 is 1. The molecule has 0 radical (unpaired) electrons. The molecule has 2 aromatic carbocycles. The number of ether oxygens (including phenoxy) is 2. The van der Waals surface area contributed by atoms with Gasteiger partial charge >= 0.3 is 5.97 Å². The zero-order valence-electron chi connectivity index (χ0n) is 16.1. The Labute approximate surface area is 175 Å². The fourth-order valence-electron chi connectivity index (χ4n) is 2.86. The number of thiazole rings is 1. The van der Waals surface area contributed by atoms with Crippen LogP contribution in [0.1, 0.15) is 12.1 Å². The quantitative estimate of drug-likeness (QED) is 0.422. The van der Waals surface area contributed by atoms with Crippen LogP contribution in [0.5, 0.6) is 5.75 Å². The molecule has 152 valence electrons. The first kappa shape index (κ1) is 19.7. The van der Waals surface area contributed by atoms with Crippen LogP contribution in [-0.2, 0) is 22.7 Å². The average Bonchev–Trinajstić information content (AvgIpc) is 3.27. The topological polar surface area (TPSA) is 96.2 Å². The highest BCUT2D eigenvalue weighted by molar-refractivity contribution is 7.13. The molecule has 0 aliphatic heterocycles. The molecule has 0 saturated heterocycles. The molecule has 4 aromatic rings. The number of carbonyl (C=O) groups is 1. The van der Waals surface area contributed by atoms with E-state index in [0.717, 1.165) is 16.3 Å². The van der Waals surface area contributed by atoms with Crippen LogP contribution in [0.2, 0.25) is 0 Å². The van der Waals surface area contributed by atoms with E-state index in [1.54, 1.807) is 31.4 Å². The number of rotatable bonds is 7. The van der Waals surface area contributed by atoms with Gasteiger partial charge in [0, 0.05) is 10.9 Å². The second-order valence-electron chi connectivity index (χ2n) is 6.42. The molecule has 8 nitrogen and oxygen atoms in total. The van der Waals surface area contributed by atoms with Crippen LogP contribution in [0.4, 0.5) is 0 Å². The number of hydrogen-bond donors (Lipinski definition) is 0. The summed E-state index contributed by atoms with van der Waals surface area (Å²) in [4.78, 5) is 29.0. The first-order valence-corrected chi connectivity index (χ1v) is 10.1. The Bertz CT molecular complexity index is 1250. The molecule has 9 heteroatoms. The van der Waals surface area contributed by atoms with Gasteiger partial charge < -0.3 is 9.47 Å². The Hall–Kier alpha value is -3.59. The number of fused-ring (bicyclic) bond motifs is 1. The van der Waals surface area contributed by atoms with E-state index < -0.39 is 5.97 Å². The highest BCUT2D eigenvalue weighted by atomic mass is 32.1. The first-order chi connectivity index (χ1) is 14.6. The normalized spacial score (nSPS) is 10.8. The van der Waals surface area contributed by atoms with Gasteiger partial charge in [-0.15, -0.1) is 16.4 Å². The Morgan fingerprint density at radius 3 is 2.90 bits per heavy atom. The van der Waals surface area contributed by atoms with Crippen LogP contribution in [0, 0.1) is 0 Å². The molecule has 4 rings (SSSR count). The summed E-state index contributed by atoms with van der Waals surface area (Å²) in [7, 11) is 1.61. The summed E-state index contributed by atoms with van der Waals surface area (Å²) in [6.45, 7) is 0.166. The van der Waals surface area contributed by atoms with E-state index in [1.807, 2.05) is 29.6 Å². The molecule has 0 aliphatic rings. The van der Waals surface area contributed by atoms with Gasteiger partial charge in [-0.25, -0.2) is 9.67 Å². The summed E-state index contributed by atoms with van der Waals surface area (Å²) in [5.41, 5.74) is 1.84. The Morgan fingerprint density at radius 2 is 2.03 bits per heavy atom. The molecule has 0 unspecified atom stereocenters. The van der Waals surface area contributed by atoms with Crippen molar-refractivity contribution >= 4 is 28.2 Å². The molecule has 0 N–H and O–H groups in total. The summed E-state index contributed by atoms with van der Waals surface area (Å²) in [5.74, 6) is 0.315. The third-order valence-electron chi connectivity index (χ3n) is 4.41. The van der Waals surface area contributed by atoms with Gasteiger partial charge in [0.25, 0.3) is 5.56 Å². The van der Waals surface area contributed by atoms with E-state index >= 15 is 0 Å². The van der Waals surface area contributed by atoms with E-state index in [-0.39, 0.29) is 25.1 Å². The van der Waals surface area contributed by atoms with Crippen LogP contribution in [-0.4, -0.2) is 33.1 Å². The molecule has 2 heterocycles. The number of hydrogen-bond acceptors (Lipinski definition) is 8. The van der Waals surface area contributed by atoms with Gasteiger partial charge in [-0.2, -0.15) is 0 Å². The predicted octanol–water partition coefficient (Wildman–Crippen LogP) is 3.06. The molecule has 0 aliphatic carbocycles. The van der Waals surface area contributed by atoms with E-state index in [0.29, 0.717) is 16.6 Å². The van der Waals surface area contributed by atoms with Gasteiger partial charge in [0.15, 0.2) is 0 Å². The zero-order valence-corrected chi connectivity index (χ0v) is 17.0. The maximum absolute atomic E-state index is 12.4. The maximum Gasteiger partial charge on any atom is 0.308 e. The fourth-order valence-corrected chi connectivity index (χ4v) is 3.66. The van der Waals surface area contributed by atoms with Gasteiger partial charge in [0.05, 0.1) is 31.2 Å². The average molecular weight is 422 g/mol. The van der Waals surface area contributed by atoms with Gasteiger partial charge in [-0.05, 0) is 24.3 Å². The third-order valence-corrected chi connectivity index (χ3v) is 5.35. The lowest BCUT2D eigenvalue weighted by atomic mass is 10.2. The van der Waals surface area contributed by atoms with Crippen molar-refractivity contribution in [3.8, 4) is 16.3 Å². The molecule has 2 aromatic heterocycles. The predicted molar refractivity (Wildman–Crippen MR) is 112 cm³/mol. The lowest BCUT2D eigenvalue weighted by Gasteiger charge is -2.05. The van der Waals surface area contributed by atoms with E-state index in [2.05, 4.69) is 15.3 Å².